The van der Waals surface area contributed by atoms with E-state index in [2.05, 4.69) is 12.1 Å². The summed E-state index contributed by atoms with van der Waals surface area (Å²) in [4.78, 5) is 0. The van der Waals surface area contributed by atoms with Crippen molar-refractivity contribution in [3.05, 3.63) is 29.3 Å². The molecule has 1 aromatic carbocycles. The van der Waals surface area contributed by atoms with Crippen LogP contribution in [0.3, 0.4) is 0 Å². The lowest BCUT2D eigenvalue weighted by molar-refractivity contribution is 0.338. The number of hydrogen-bond acceptors (Lipinski definition) is 2. The molecule has 0 bridgehead atoms. The molecule has 0 spiro atoms. The molecule has 0 amide bonds. The van der Waals surface area contributed by atoms with E-state index in [9.17, 15) is 0 Å². The lowest BCUT2D eigenvalue weighted by atomic mass is 10.1. The Hall–Kier alpha value is -1.49. The molecule has 1 rings (SSSR count). The second-order valence-electron chi connectivity index (χ2n) is 3.19. The average molecular weight is 189 g/mol. The van der Waals surface area contributed by atoms with Crippen LogP contribution in [0, 0.1) is 18.3 Å². The van der Waals surface area contributed by atoms with Gasteiger partial charge in [0.25, 0.3) is 0 Å². The zero-order valence-corrected chi connectivity index (χ0v) is 8.71. The van der Waals surface area contributed by atoms with Gasteiger partial charge in [-0.1, -0.05) is 12.1 Å². The minimum Gasteiger partial charge on any atom is -0.494 e. The van der Waals surface area contributed by atoms with Crippen LogP contribution in [0.25, 0.3) is 0 Å². The highest BCUT2D eigenvalue weighted by Gasteiger charge is 2.00. The number of ether oxygens (including phenoxy) is 1. The van der Waals surface area contributed by atoms with Gasteiger partial charge in [0.2, 0.25) is 0 Å². The van der Waals surface area contributed by atoms with Crippen molar-refractivity contribution in [2.24, 2.45) is 0 Å². The van der Waals surface area contributed by atoms with Crippen molar-refractivity contribution in [2.75, 3.05) is 6.61 Å². The second-order valence-corrected chi connectivity index (χ2v) is 3.19. The molecule has 0 aliphatic carbocycles. The van der Waals surface area contributed by atoms with Crippen LogP contribution >= 0.6 is 0 Å². The van der Waals surface area contributed by atoms with Crippen LogP contribution < -0.4 is 4.74 Å². The number of aryl methyl sites for hydroxylation is 2. The minimum absolute atomic E-state index is 0.577. The van der Waals surface area contributed by atoms with Crippen LogP contribution in [0.4, 0.5) is 0 Å². The van der Waals surface area contributed by atoms with Crippen molar-refractivity contribution in [1.29, 1.82) is 5.26 Å². The molecule has 0 heterocycles. The molecule has 0 saturated heterocycles. The molecular formula is C12H15NO. The largest absolute Gasteiger partial charge is 0.494 e. The summed E-state index contributed by atoms with van der Waals surface area (Å²) in [5.41, 5.74) is 2.34. The maximum Gasteiger partial charge on any atom is 0.122 e. The molecule has 0 saturated carbocycles. The number of nitriles is 1. The van der Waals surface area contributed by atoms with Gasteiger partial charge in [0.05, 0.1) is 12.7 Å². The van der Waals surface area contributed by atoms with Gasteiger partial charge < -0.3 is 4.74 Å². The molecule has 0 atom stereocenters. The predicted molar refractivity (Wildman–Crippen MR) is 56.3 cm³/mol. The molecule has 0 aliphatic heterocycles. The van der Waals surface area contributed by atoms with E-state index in [1.807, 2.05) is 26.0 Å². The van der Waals surface area contributed by atoms with Crippen LogP contribution in [-0.4, -0.2) is 6.61 Å². The van der Waals surface area contributed by atoms with E-state index in [-0.39, 0.29) is 0 Å². The van der Waals surface area contributed by atoms with Gasteiger partial charge in [-0.25, -0.2) is 0 Å². The summed E-state index contributed by atoms with van der Waals surface area (Å²) in [6, 6.07) is 8.23. The molecule has 0 radical (unpaired) electrons. The van der Waals surface area contributed by atoms with Gasteiger partial charge in [0, 0.05) is 6.42 Å². The fourth-order valence-electron chi connectivity index (χ4n) is 1.38. The lowest BCUT2D eigenvalue weighted by Gasteiger charge is -2.08. The predicted octanol–water partition coefficient (Wildman–Crippen LogP) is 2.85. The summed E-state index contributed by atoms with van der Waals surface area (Å²) in [7, 11) is 0. The third-order valence-corrected chi connectivity index (χ3v) is 2.06. The molecule has 0 unspecified atom stereocenters. The van der Waals surface area contributed by atoms with E-state index in [0.717, 1.165) is 17.7 Å². The summed E-state index contributed by atoms with van der Waals surface area (Å²) in [6.07, 6.45) is 1.40. The van der Waals surface area contributed by atoms with Gasteiger partial charge in [0.1, 0.15) is 5.75 Å². The third kappa shape index (κ3) is 2.77. The summed E-state index contributed by atoms with van der Waals surface area (Å²) in [6.45, 7) is 4.70. The fraction of sp³-hybridized carbons (Fsp3) is 0.417. The highest BCUT2D eigenvalue weighted by atomic mass is 16.5. The highest BCUT2D eigenvalue weighted by Crippen LogP contribution is 2.19. The monoisotopic (exact) mass is 189 g/mol. The Balaban J connectivity index is 2.74. The number of rotatable bonds is 4. The van der Waals surface area contributed by atoms with E-state index < -0.39 is 0 Å². The number of benzene rings is 1. The zero-order valence-electron chi connectivity index (χ0n) is 8.71. The van der Waals surface area contributed by atoms with Gasteiger partial charge in [-0.05, 0) is 37.5 Å². The van der Waals surface area contributed by atoms with Gasteiger partial charge in [-0.15, -0.1) is 0 Å². The molecule has 2 nitrogen and oxygen atoms in total. The summed E-state index contributed by atoms with van der Waals surface area (Å²) in [5, 5.41) is 8.46. The van der Waals surface area contributed by atoms with Crippen LogP contribution in [0.1, 0.15) is 24.5 Å². The quantitative estimate of drug-likeness (QED) is 0.729. The Labute approximate surface area is 85.1 Å². The van der Waals surface area contributed by atoms with Crippen LogP contribution in [0.2, 0.25) is 0 Å². The summed E-state index contributed by atoms with van der Waals surface area (Å²) >= 11 is 0. The Kier molecular flexibility index (Phi) is 4.00. The molecule has 74 valence electrons. The molecule has 0 aromatic heterocycles. The van der Waals surface area contributed by atoms with Gasteiger partial charge in [-0.2, -0.15) is 5.26 Å². The fourth-order valence-corrected chi connectivity index (χ4v) is 1.38. The third-order valence-electron chi connectivity index (χ3n) is 2.06. The van der Waals surface area contributed by atoms with Gasteiger partial charge >= 0.3 is 0 Å². The molecule has 14 heavy (non-hydrogen) atoms. The minimum atomic E-state index is 0.577. The van der Waals surface area contributed by atoms with E-state index in [0.29, 0.717) is 13.0 Å². The first-order chi connectivity index (χ1) is 6.77. The second kappa shape index (κ2) is 5.29. The standard InChI is InChI=1S/C12H15NO/c1-3-14-12-7-6-11(5-4-8-13)9-10(12)2/h6-7,9H,3-5H2,1-2H3. The molecule has 1 aromatic rings. The van der Waals surface area contributed by atoms with Crippen molar-refractivity contribution in [2.45, 2.75) is 26.7 Å². The van der Waals surface area contributed by atoms with Gasteiger partial charge in [-0.3, -0.25) is 0 Å². The van der Waals surface area contributed by atoms with Crippen molar-refractivity contribution in [3.8, 4) is 11.8 Å². The number of hydrogen-bond donors (Lipinski definition) is 0. The first-order valence-electron chi connectivity index (χ1n) is 4.87. The SMILES string of the molecule is CCOc1ccc(CCC#N)cc1C. The normalized spacial score (nSPS) is 9.50. The van der Waals surface area contributed by atoms with Crippen LogP contribution in [0.5, 0.6) is 5.75 Å². The maximum atomic E-state index is 8.46. The van der Waals surface area contributed by atoms with E-state index in [1.165, 1.54) is 5.56 Å². The number of nitrogens with zero attached hydrogens (tertiary/aromatic N) is 1. The van der Waals surface area contributed by atoms with E-state index in [4.69, 9.17) is 10.00 Å². The molecular weight excluding hydrogens is 174 g/mol. The Morgan fingerprint density at radius 3 is 2.79 bits per heavy atom. The summed E-state index contributed by atoms with van der Waals surface area (Å²) in [5.74, 6) is 0.938. The zero-order chi connectivity index (χ0) is 10.4. The first kappa shape index (κ1) is 10.6. The molecule has 0 fully saturated rings. The lowest BCUT2D eigenvalue weighted by Crippen LogP contribution is -1.95. The van der Waals surface area contributed by atoms with Gasteiger partial charge in [0.15, 0.2) is 0 Å². The Morgan fingerprint density at radius 2 is 2.21 bits per heavy atom. The van der Waals surface area contributed by atoms with E-state index in [1.54, 1.807) is 0 Å². The Morgan fingerprint density at radius 1 is 1.43 bits per heavy atom. The van der Waals surface area contributed by atoms with Crippen molar-refractivity contribution in [1.82, 2.24) is 0 Å². The Bertz CT molecular complexity index is 339. The van der Waals surface area contributed by atoms with Crippen LogP contribution in [-0.2, 0) is 6.42 Å². The van der Waals surface area contributed by atoms with Crippen molar-refractivity contribution in [3.63, 3.8) is 0 Å². The van der Waals surface area contributed by atoms with Crippen molar-refractivity contribution < 1.29 is 4.74 Å². The van der Waals surface area contributed by atoms with Crippen molar-refractivity contribution >= 4 is 0 Å². The topological polar surface area (TPSA) is 33.0 Å². The van der Waals surface area contributed by atoms with Crippen LogP contribution in [0.15, 0.2) is 18.2 Å². The first-order valence-corrected chi connectivity index (χ1v) is 4.87. The molecule has 0 aliphatic rings. The maximum absolute atomic E-state index is 8.46. The average Bonchev–Trinajstić information content (AvgIpc) is 2.19. The smallest absolute Gasteiger partial charge is 0.122 e. The molecule has 2 heteroatoms. The van der Waals surface area contributed by atoms with E-state index >= 15 is 0 Å². The summed E-state index contributed by atoms with van der Waals surface area (Å²) < 4.78 is 5.43. The molecule has 0 N–H and O–H groups in total. The highest BCUT2D eigenvalue weighted by molar-refractivity contribution is 5.36.